The Morgan fingerprint density at radius 1 is 0.833 bits per heavy atom. The molecule has 30 heavy (non-hydrogen) atoms. The van der Waals surface area contributed by atoms with Gasteiger partial charge in [-0.2, -0.15) is 0 Å². The highest BCUT2D eigenvalue weighted by Crippen LogP contribution is 2.50. The molecule has 1 saturated carbocycles. The Morgan fingerprint density at radius 2 is 1.47 bits per heavy atom. The summed E-state index contributed by atoms with van der Waals surface area (Å²) in [5, 5.41) is 10.4. The van der Waals surface area contributed by atoms with Gasteiger partial charge in [0.25, 0.3) is 0 Å². The van der Waals surface area contributed by atoms with Gasteiger partial charge in [-0.15, -0.1) is 0 Å². The maximum absolute atomic E-state index is 10.4. The van der Waals surface area contributed by atoms with E-state index in [1.807, 2.05) is 42.5 Å². The first-order valence-corrected chi connectivity index (χ1v) is 11.0. The van der Waals surface area contributed by atoms with Crippen molar-refractivity contribution in [3.8, 4) is 11.5 Å². The standard InChI is InChI=1S/C27H29NO2/c29-23-15-18-28(20-27(16-17-27)22-7-3-1-4-8-22)26(19-23)21-11-13-25(14-12-21)30-24-9-5-2-6-10-24/h1-14,23,26,29H,15-20H2. The molecule has 1 heterocycles. The van der Waals surface area contributed by atoms with Gasteiger partial charge in [0, 0.05) is 24.5 Å². The van der Waals surface area contributed by atoms with Crippen molar-refractivity contribution in [2.24, 2.45) is 0 Å². The van der Waals surface area contributed by atoms with Gasteiger partial charge >= 0.3 is 0 Å². The molecule has 3 nitrogen and oxygen atoms in total. The molecule has 3 aromatic rings. The molecule has 3 aromatic carbocycles. The molecule has 3 heteroatoms. The van der Waals surface area contributed by atoms with Crippen molar-refractivity contribution in [3.63, 3.8) is 0 Å². The normalized spacial score (nSPS) is 23.1. The minimum absolute atomic E-state index is 0.224. The summed E-state index contributed by atoms with van der Waals surface area (Å²) in [6.45, 7) is 2.01. The van der Waals surface area contributed by atoms with Gasteiger partial charge in [0.1, 0.15) is 11.5 Å². The van der Waals surface area contributed by atoms with Crippen LogP contribution < -0.4 is 4.74 Å². The quantitative estimate of drug-likeness (QED) is 0.576. The average Bonchev–Trinajstić information content (AvgIpc) is 3.58. The third-order valence-corrected chi connectivity index (χ3v) is 6.67. The summed E-state index contributed by atoms with van der Waals surface area (Å²) in [7, 11) is 0. The third kappa shape index (κ3) is 4.14. The van der Waals surface area contributed by atoms with Crippen molar-refractivity contribution in [2.75, 3.05) is 13.1 Å². The Bertz CT molecular complexity index is 951. The van der Waals surface area contributed by atoms with E-state index in [4.69, 9.17) is 4.74 Å². The number of aliphatic hydroxyl groups excluding tert-OH is 1. The lowest BCUT2D eigenvalue weighted by molar-refractivity contribution is 0.0356. The monoisotopic (exact) mass is 399 g/mol. The minimum Gasteiger partial charge on any atom is -0.457 e. The largest absolute Gasteiger partial charge is 0.457 e. The molecule has 0 spiro atoms. The highest BCUT2D eigenvalue weighted by atomic mass is 16.5. The highest BCUT2D eigenvalue weighted by molar-refractivity contribution is 5.35. The number of hydrogen-bond acceptors (Lipinski definition) is 3. The topological polar surface area (TPSA) is 32.7 Å². The summed E-state index contributed by atoms with van der Waals surface area (Å²) in [6.07, 6.45) is 3.94. The zero-order chi connectivity index (χ0) is 20.4. The summed E-state index contributed by atoms with van der Waals surface area (Å²) < 4.78 is 5.95. The Hall–Kier alpha value is -2.62. The van der Waals surface area contributed by atoms with Crippen molar-refractivity contribution < 1.29 is 9.84 Å². The number of benzene rings is 3. The fourth-order valence-electron chi connectivity index (χ4n) is 4.78. The van der Waals surface area contributed by atoms with Crippen molar-refractivity contribution in [1.82, 2.24) is 4.90 Å². The first-order valence-electron chi connectivity index (χ1n) is 11.0. The van der Waals surface area contributed by atoms with Gasteiger partial charge < -0.3 is 9.84 Å². The van der Waals surface area contributed by atoms with Crippen molar-refractivity contribution in [3.05, 3.63) is 96.1 Å². The molecular formula is C27H29NO2. The van der Waals surface area contributed by atoms with Crippen LogP contribution in [0.3, 0.4) is 0 Å². The Morgan fingerprint density at radius 3 is 2.13 bits per heavy atom. The van der Waals surface area contributed by atoms with Crippen LogP contribution in [-0.2, 0) is 5.41 Å². The number of likely N-dealkylation sites (tertiary alicyclic amines) is 1. The van der Waals surface area contributed by atoms with Crippen LogP contribution in [0.4, 0.5) is 0 Å². The number of hydrogen-bond donors (Lipinski definition) is 1. The number of ether oxygens (including phenoxy) is 1. The Labute approximate surface area is 178 Å². The van der Waals surface area contributed by atoms with Crippen LogP contribution in [-0.4, -0.2) is 29.2 Å². The van der Waals surface area contributed by atoms with Gasteiger partial charge in [0.05, 0.1) is 6.10 Å². The molecule has 2 fully saturated rings. The van der Waals surface area contributed by atoms with E-state index in [1.54, 1.807) is 0 Å². The second-order valence-electron chi connectivity index (χ2n) is 8.79. The Kier molecular flexibility index (Phi) is 5.32. The van der Waals surface area contributed by atoms with E-state index in [2.05, 4.69) is 47.4 Å². The Balaban J connectivity index is 1.33. The van der Waals surface area contributed by atoms with Crippen LogP contribution in [0.5, 0.6) is 11.5 Å². The van der Waals surface area contributed by atoms with E-state index >= 15 is 0 Å². The number of piperidine rings is 1. The van der Waals surface area contributed by atoms with Crippen LogP contribution in [0, 0.1) is 0 Å². The number of aliphatic hydroxyl groups is 1. The first-order chi connectivity index (χ1) is 14.7. The molecule has 0 aromatic heterocycles. The van der Waals surface area contributed by atoms with Gasteiger partial charge in [-0.1, -0.05) is 60.7 Å². The summed E-state index contributed by atoms with van der Waals surface area (Å²) in [4.78, 5) is 2.60. The van der Waals surface area contributed by atoms with Gasteiger partial charge in [-0.3, -0.25) is 4.90 Å². The van der Waals surface area contributed by atoms with Crippen LogP contribution >= 0.6 is 0 Å². The molecule has 5 rings (SSSR count). The van der Waals surface area contributed by atoms with E-state index in [0.717, 1.165) is 37.4 Å². The molecule has 2 atom stereocenters. The number of para-hydroxylation sites is 1. The second kappa shape index (κ2) is 8.25. The molecule has 0 amide bonds. The fourth-order valence-corrected chi connectivity index (χ4v) is 4.78. The molecule has 2 aliphatic rings. The third-order valence-electron chi connectivity index (χ3n) is 6.67. The second-order valence-corrected chi connectivity index (χ2v) is 8.79. The van der Waals surface area contributed by atoms with Gasteiger partial charge in [0.15, 0.2) is 0 Å². The molecule has 1 aliphatic heterocycles. The first kappa shape index (κ1) is 19.3. The predicted octanol–water partition coefficient (Wildman–Crippen LogP) is 5.71. The summed E-state index contributed by atoms with van der Waals surface area (Å²) in [6, 6.07) is 29.5. The van der Waals surface area contributed by atoms with Crippen molar-refractivity contribution >= 4 is 0 Å². The molecule has 154 valence electrons. The molecule has 0 bridgehead atoms. The number of rotatable bonds is 6. The van der Waals surface area contributed by atoms with Crippen LogP contribution in [0.15, 0.2) is 84.9 Å². The smallest absolute Gasteiger partial charge is 0.127 e. The van der Waals surface area contributed by atoms with Crippen molar-refractivity contribution in [2.45, 2.75) is 43.2 Å². The summed E-state index contributed by atoms with van der Waals surface area (Å²) in [5.41, 5.74) is 3.01. The SMILES string of the molecule is OC1CCN(CC2(c3ccccc3)CC2)C(c2ccc(Oc3ccccc3)cc2)C1. The predicted molar refractivity (Wildman–Crippen MR) is 120 cm³/mol. The van der Waals surface area contributed by atoms with Crippen LogP contribution in [0.1, 0.15) is 42.9 Å². The van der Waals surface area contributed by atoms with Gasteiger partial charge in [-0.25, -0.2) is 0 Å². The molecule has 1 N–H and O–H groups in total. The maximum atomic E-state index is 10.4. The lowest BCUT2D eigenvalue weighted by Crippen LogP contribution is -2.42. The molecule has 2 unspecified atom stereocenters. The van der Waals surface area contributed by atoms with Crippen LogP contribution in [0.2, 0.25) is 0 Å². The van der Waals surface area contributed by atoms with E-state index in [1.165, 1.54) is 24.0 Å². The van der Waals surface area contributed by atoms with E-state index in [0.29, 0.717) is 0 Å². The summed E-state index contributed by atoms with van der Waals surface area (Å²) >= 11 is 0. The fraction of sp³-hybridized carbons (Fsp3) is 0.333. The molecule has 0 radical (unpaired) electrons. The zero-order valence-corrected chi connectivity index (χ0v) is 17.3. The number of nitrogens with zero attached hydrogens (tertiary/aromatic N) is 1. The van der Waals surface area contributed by atoms with Crippen LogP contribution in [0.25, 0.3) is 0 Å². The maximum Gasteiger partial charge on any atom is 0.127 e. The molecule has 1 saturated heterocycles. The molecule has 1 aliphatic carbocycles. The molecular weight excluding hydrogens is 370 g/mol. The zero-order valence-electron chi connectivity index (χ0n) is 17.3. The average molecular weight is 400 g/mol. The van der Waals surface area contributed by atoms with E-state index < -0.39 is 0 Å². The van der Waals surface area contributed by atoms with E-state index in [9.17, 15) is 5.11 Å². The minimum atomic E-state index is -0.224. The van der Waals surface area contributed by atoms with Gasteiger partial charge in [-0.05, 0) is 61.1 Å². The lowest BCUT2D eigenvalue weighted by atomic mass is 9.89. The van der Waals surface area contributed by atoms with Gasteiger partial charge in [0.2, 0.25) is 0 Å². The highest BCUT2D eigenvalue weighted by Gasteiger charge is 2.47. The van der Waals surface area contributed by atoms with Crippen molar-refractivity contribution in [1.29, 1.82) is 0 Å². The van der Waals surface area contributed by atoms with E-state index in [-0.39, 0.29) is 17.6 Å². The summed E-state index contributed by atoms with van der Waals surface area (Å²) in [5.74, 6) is 1.69. The lowest BCUT2D eigenvalue weighted by Gasteiger charge is -2.40.